The van der Waals surface area contributed by atoms with Crippen molar-refractivity contribution in [2.75, 3.05) is 0 Å². The van der Waals surface area contributed by atoms with Crippen molar-refractivity contribution in [2.24, 2.45) is 0 Å². The minimum atomic E-state index is -0.421. The van der Waals surface area contributed by atoms with Gasteiger partial charge in [-0.15, -0.1) is 0 Å². The van der Waals surface area contributed by atoms with E-state index in [-0.39, 0.29) is 18.3 Å². The molecule has 0 aliphatic carbocycles. The van der Waals surface area contributed by atoms with Crippen LogP contribution in [0.25, 0.3) is 11.4 Å². The molecule has 1 aromatic heterocycles. The Morgan fingerprint density at radius 3 is 2.46 bits per heavy atom. The van der Waals surface area contributed by atoms with E-state index >= 15 is 0 Å². The average molecular weight is 372 g/mol. The summed E-state index contributed by atoms with van der Waals surface area (Å²) >= 11 is 5.85. The number of nitrogens with zero attached hydrogens (tertiary/aromatic N) is 2. The van der Waals surface area contributed by atoms with Crippen LogP contribution in [0.3, 0.4) is 0 Å². The monoisotopic (exact) mass is 371 g/mol. The van der Waals surface area contributed by atoms with Crippen LogP contribution in [0.5, 0.6) is 5.75 Å². The highest BCUT2D eigenvalue weighted by atomic mass is 35.5. The van der Waals surface area contributed by atoms with Crippen molar-refractivity contribution in [3.05, 3.63) is 65.0 Å². The number of halogens is 1. The molecule has 8 heteroatoms. The molecule has 3 aromatic rings. The van der Waals surface area contributed by atoms with Crippen LogP contribution >= 0.6 is 11.6 Å². The molecule has 132 valence electrons. The molecule has 7 nitrogen and oxygen atoms in total. The highest BCUT2D eigenvalue weighted by Gasteiger charge is 2.11. The van der Waals surface area contributed by atoms with Gasteiger partial charge in [-0.3, -0.25) is 9.59 Å². The molecule has 1 amide bonds. The van der Waals surface area contributed by atoms with Crippen LogP contribution in [0.4, 0.5) is 0 Å². The summed E-state index contributed by atoms with van der Waals surface area (Å²) < 4.78 is 10.1. The smallest absolute Gasteiger partial charge is 0.308 e. The Hall–Kier alpha value is -3.19. The predicted octanol–water partition coefficient (Wildman–Crippen LogP) is 3.25. The molecule has 0 bridgehead atoms. The summed E-state index contributed by atoms with van der Waals surface area (Å²) in [6.07, 6.45) is 0. The zero-order valence-electron chi connectivity index (χ0n) is 13.7. The van der Waals surface area contributed by atoms with E-state index in [1.807, 2.05) is 0 Å². The van der Waals surface area contributed by atoms with E-state index in [0.29, 0.717) is 22.2 Å². The first-order chi connectivity index (χ1) is 12.5. The molecule has 1 N–H and O–H groups in total. The number of ether oxygens (including phenoxy) is 1. The topological polar surface area (TPSA) is 94.3 Å². The van der Waals surface area contributed by atoms with E-state index < -0.39 is 5.97 Å². The molecule has 0 saturated heterocycles. The molecule has 0 spiro atoms. The Labute approximate surface area is 153 Å². The predicted molar refractivity (Wildman–Crippen MR) is 93.7 cm³/mol. The molecular weight excluding hydrogens is 358 g/mol. The largest absolute Gasteiger partial charge is 0.427 e. The summed E-state index contributed by atoms with van der Waals surface area (Å²) in [5.41, 5.74) is 1.18. The maximum atomic E-state index is 12.1. The highest BCUT2D eigenvalue weighted by Crippen LogP contribution is 2.18. The Morgan fingerprint density at radius 2 is 1.81 bits per heavy atom. The third kappa shape index (κ3) is 4.46. The van der Waals surface area contributed by atoms with E-state index in [0.717, 1.165) is 5.56 Å². The van der Waals surface area contributed by atoms with Crippen LogP contribution < -0.4 is 10.1 Å². The van der Waals surface area contributed by atoms with Crippen molar-refractivity contribution in [2.45, 2.75) is 13.5 Å². The Balaban J connectivity index is 1.59. The number of nitrogens with one attached hydrogen (secondary N) is 1. The van der Waals surface area contributed by atoms with Gasteiger partial charge in [0.25, 0.3) is 5.91 Å². The van der Waals surface area contributed by atoms with Crippen molar-refractivity contribution < 1.29 is 18.8 Å². The quantitative estimate of drug-likeness (QED) is 0.546. The van der Waals surface area contributed by atoms with Gasteiger partial charge < -0.3 is 14.6 Å². The van der Waals surface area contributed by atoms with Gasteiger partial charge in [0.05, 0.1) is 6.54 Å². The molecule has 0 saturated carbocycles. The summed E-state index contributed by atoms with van der Waals surface area (Å²) in [6, 6.07) is 13.2. The lowest BCUT2D eigenvalue weighted by molar-refractivity contribution is -0.131. The summed E-state index contributed by atoms with van der Waals surface area (Å²) in [5.74, 6) is 0.329. The van der Waals surface area contributed by atoms with Crippen molar-refractivity contribution >= 4 is 23.5 Å². The van der Waals surface area contributed by atoms with Crippen LogP contribution in [0.2, 0.25) is 5.02 Å². The molecule has 3 rings (SSSR count). The fourth-order valence-corrected chi connectivity index (χ4v) is 2.27. The second-order valence-electron chi connectivity index (χ2n) is 5.32. The van der Waals surface area contributed by atoms with Gasteiger partial charge in [-0.2, -0.15) is 4.98 Å². The average Bonchev–Trinajstić information content (AvgIpc) is 3.09. The Kier molecular flexibility index (Phi) is 5.28. The lowest BCUT2D eigenvalue weighted by Gasteiger charge is -2.04. The molecule has 2 aromatic carbocycles. The van der Waals surface area contributed by atoms with Crippen molar-refractivity contribution in [3.8, 4) is 17.1 Å². The molecule has 0 fully saturated rings. The molecule has 0 unspecified atom stereocenters. The number of esters is 1. The number of amides is 1. The number of rotatable bonds is 5. The van der Waals surface area contributed by atoms with E-state index in [1.165, 1.54) is 6.92 Å². The van der Waals surface area contributed by atoms with Gasteiger partial charge in [0.1, 0.15) is 5.75 Å². The number of benzene rings is 2. The number of hydrogen-bond donors (Lipinski definition) is 1. The number of hydrogen-bond acceptors (Lipinski definition) is 6. The number of aromatic nitrogens is 2. The van der Waals surface area contributed by atoms with E-state index in [4.69, 9.17) is 20.9 Å². The van der Waals surface area contributed by atoms with Crippen LogP contribution in [0, 0.1) is 0 Å². The minimum Gasteiger partial charge on any atom is -0.427 e. The standard InChI is InChI=1S/C18H14ClN3O4/c1-11(23)25-15-8-4-13(5-9-15)18(24)20-10-16-21-17(22-26-16)12-2-6-14(19)7-3-12/h2-9H,10H2,1H3,(H,20,24). The summed E-state index contributed by atoms with van der Waals surface area (Å²) in [4.78, 5) is 27.3. The molecular formula is C18H14ClN3O4. The lowest BCUT2D eigenvalue weighted by atomic mass is 10.2. The van der Waals surface area contributed by atoms with Gasteiger partial charge in [0.15, 0.2) is 0 Å². The molecule has 0 radical (unpaired) electrons. The zero-order valence-corrected chi connectivity index (χ0v) is 14.5. The number of carbonyl (C=O) groups is 2. The third-order valence-electron chi connectivity index (χ3n) is 3.35. The summed E-state index contributed by atoms with van der Waals surface area (Å²) in [7, 11) is 0. The highest BCUT2D eigenvalue weighted by molar-refractivity contribution is 6.30. The first kappa shape index (κ1) is 17.6. The van der Waals surface area contributed by atoms with Gasteiger partial charge in [-0.05, 0) is 48.5 Å². The zero-order chi connectivity index (χ0) is 18.5. The van der Waals surface area contributed by atoms with Gasteiger partial charge in [0, 0.05) is 23.1 Å². The Morgan fingerprint density at radius 1 is 1.12 bits per heavy atom. The molecule has 1 heterocycles. The second kappa shape index (κ2) is 7.79. The normalized spacial score (nSPS) is 10.4. The first-order valence-corrected chi connectivity index (χ1v) is 8.04. The molecule has 0 aliphatic rings. The van der Waals surface area contributed by atoms with E-state index in [9.17, 15) is 9.59 Å². The lowest BCUT2D eigenvalue weighted by Crippen LogP contribution is -2.22. The number of carbonyl (C=O) groups excluding carboxylic acids is 2. The van der Waals surface area contributed by atoms with Crippen molar-refractivity contribution in [1.29, 1.82) is 0 Å². The van der Waals surface area contributed by atoms with Gasteiger partial charge >= 0.3 is 5.97 Å². The van der Waals surface area contributed by atoms with Gasteiger partial charge in [-0.1, -0.05) is 16.8 Å². The second-order valence-corrected chi connectivity index (χ2v) is 5.76. The van der Waals surface area contributed by atoms with Crippen LogP contribution in [0.1, 0.15) is 23.2 Å². The van der Waals surface area contributed by atoms with Gasteiger partial charge in [-0.25, -0.2) is 0 Å². The molecule has 26 heavy (non-hydrogen) atoms. The van der Waals surface area contributed by atoms with Crippen molar-refractivity contribution in [3.63, 3.8) is 0 Å². The maximum absolute atomic E-state index is 12.1. The molecule has 0 atom stereocenters. The van der Waals surface area contributed by atoms with Crippen LogP contribution in [-0.2, 0) is 11.3 Å². The SMILES string of the molecule is CC(=O)Oc1ccc(C(=O)NCc2nc(-c3ccc(Cl)cc3)no2)cc1. The maximum Gasteiger partial charge on any atom is 0.308 e. The van der Waals surface area contributed by atoms with Crippen LogP contribution in [-0.4, -0.2) is 22.0 Å². The van der Waals surface area contributed by atoms with Gasteiger partial charge in [0.2, 0.25) is 11.7 Å². The first-order valence-electron chi connectivity index (χ1n) is 7.66. The fourth-order valence-electron chi connectivity index (χ4n) is 2.14. The van der Waals surface area contributed by atoms with E-state index in [1.54, 1.807) is 48.5 Å². The minimum absolute atomic E-state index is 0.0884. The fraction of sp³-hybridized carbons (Fsp3) is 0.111. The van der Waals surface area contributed by atoms with E-state index in [2.05, 4.69) is 15.5 Å². The summed E-state index contributed by atoms with van der Waals surface area (Å²) in [6.45, 7) is 1.40. The van der Waals surface area contributed by atoms with Crippen molar-refractivity contribution in [1.82, 2.24) is 15.5 Å². The van der Waals surface area contributed by atoms with Crippen LogP contribution in [0.15, 0.2) is 53.1 Å². The third-order valence-corrected chi connectivity index (χ3v) is 3.60. The Bertz CT molecular complexity index is 920. The summed E-state index contributed by atoms with van der Waals surface area (Å²) in [5, 5.41) is 7.18. The molecule has 0 aliphatic heterocycles.